The summed E-state index contributed by atoms with van der Waals surface area (Å²) in [6, 6.07) is 16.4. The highest BCUT2D eigenvalue weighted by Crippen LogP contribution is 2.44. The summed E-state index contributed by atoms with van der Waals surface area (Å²) >= 11 is 0. The number of carboxylic acids is 1. The van der Waals surface area contributed by atoms with Gasteiger partial charge in [-0.25, -0.2) is 4.79 Å². The summed E-state index contributed by atoms with van der Waals surface area (Å²) in [5, 5.41) is 11.9. The summed E-state index contributed by atoms with van der Waals surface area (Å²) in [6.07, 6.45) is 2.80. The van der Waals surface area contributed by atoms with Crippen molar-refractivity contribution in [2.45, 2.75) is 44.9 Å². The lowest BCUT2D eigenvalue weighted by molar-refractivity contribution is -0.140. The number of nitrogens with zero attached hydrogens (tertiary/aromatic N) is 1. The monoisotopic (exact) mass is 478 g/mol. The van der Waals surface area contributed by atoms with Crippen molar-refractivity contribution in [1.82, 2.24) is 10.2 Å². The van der Waals surface area contributed by atoms with Gasteiger partial charge in [-0.1, -0.05) is 61.9 Å². The van der Waals surface area contributed by atoms with E-state index in [4.69, 9.17) is 9.84 Å². The van der Waals surface area contributed by atoms with Crippen molar-refractivity contribution in [2.24, 2.45) is 11.8 Å². The summed E-state index contributed by atoms with van der Waals surface area (Å²) in [7, 11) is 0. The molecule has 0 spiro atoms. The smallest absolute Gasteiger partial charge is 0.407 e. The lowest BCUT2D eigenvalue weighted by Crippen LogP contribution is -2.42. The minimum Gasteiger partial charge on any atom is -0.481 e. The Balaban J connectivity index is 1.31. The van der Waals surface area contributed by atoms with Gasteiger partial charge in [-0.3, -0.25) is 9.59 Å². The molecule has 0 aromatic heterocycles. The molecule has 35 heavy (non-hydrogen) atoms. The van der Waals surface area contributed by atoms with Crippen LogP contribution in [-0.2, 0) is 14.3 Å². The van der Waals surface area contributed by atoms with Gasteiger partial charge in [-0.2, -0.15) is 0 Å². The Morgan fingerprint density at radius 3 is 2.29 bits per heavy atom. The van der Waals surface area contributed by atoms with Gasteiger partial charge in [0.15, 0.2) is 0 Å². The Labute approximate surface area is 206 Å². The molecule has 7 heteroatoms. The Kier molecular flexibility index (Phi) is 8.06. The first-order valence-electron chi connectivity index (χ1n) is 12.6. The second-order valence-corrected chi connectivity index (χ2v) is 9.47. The van der Waals surface area contributed by atoms with E-state index in [1.54, 1.807) is 4.90 Å². The van der Waals surface area contributed by atoms with Gasteiger partial charge in [0.25, 0.3) is 0 Å². The van der Waals surface area contributed by atoms with Gasteiger partial charge in [0.05, 0.1) is 6.42 Å². The predicted octanol–water partition coefficient (Wildman–Crippen LogP) is 4.65. The average Bonchev–Trinajstić information content (AvgIpc) is 3.46. The van der Waals surface area contributed by atoms with Gasteiger partial charge in [-0.05, 0) is 47.4 Å². The van der Waals surface area contributed by atoms with E-state index in [1.807, 2.05) is 31.2 Å². The molecule has 1 saturated carbocycles. The number of alkyl carbamates (subject to hydrolysis) is 1. The van der Waals surface area contributed by atoms with Crippen LogP contribution in [0, 0.1) is 11.8 Å². The van der Waals surface area contributed by atoms with Crippen LogP contribution in [-0.4, -0.2) is 54.2 Å². The molecule has 186 valence electrons. The van der Waals surface area contributed by atoms with Gasteiger partial charge >= 0.3 is 12.1 Å². The first-order chi connectivity index (χ1) is 17.0. The number of amides is 2. The second kappa shape index (κ2) is 11.4. The van der Waals surface area contributed by atoms with E-state index < -0.39 is 12.1 Å². The first-order valence-corrected chi connectivity index (χ1v) is 12.6. The molecule has 2 aliphatic carbocycles. The number of fused-ring (bicyclic) bond motifs is 3. The van der Waals surface area contributed by atoms with Crippen molar-refractivity contribution in [3.63, 3.8) is 0 Å². The summed E-state index contributed by atoms with van der Waals surface area (Å²) in [5.41, 5.74) is 4.70. The van der Waals surface area contributed by atoms with Crippen LogP contribution in [0.4, 0.5) is 4.79 Å². The van der Waals surface area contributed by atoms with Crippen LogP contribution in [0.3, 0.4) is 0 Å². The summed E-state index contributed by atoms with van der Waals surface area (Å²) in [6.45, 7) is 3.39. The zero-order chi connectivity index (χ0) is 24.8. The van der Waals surface area contributed by atoms with Crippen molar-refractivity contribution in [3.05, 3.63) is 59.7 Å². The number of rotatable bonds is 10. The molecular formula is C28H34N2O5. The predicted molar refractivity (Wildman–Crippen MR) is 133 cm³/mol. The molecular weight excluding hydrogens is 444 g/mol. The van der Waals surface area contributed by atoms with Gasteiger partial charge in [0.2, 0.25) is 5.91 Å². The van der Waals surface area contributed by atoms with Crippen molar-refractivity contribution < 1.29 is 24.2 Å². The topological polar surface area (TPSA) is 95.9 Å². The number of hydrogen-bond donors (Lipinski definition) is 2. The van der Waals surface area contributed by atoms with Crippen LogP contribution in [0.1, 0.15) is 56.1 Å². The molecule has 0 heterocycles. The molecule has 2 amide bonds. The molecule has 4 rings (SSSR count). The van der Waals surface area contributed by atoms with E-state index in [-0.39, 0.29) is 43.2 Å². The number of benzene rings is 2. The van der Waals surface area contributed by atoms with Crippen LogP contribution in [0.2, 0.25) is 0 Å². The van der Waals surface area contributed by atoms with Crippen LogP contribution < -0.4 is 5.32 Å². The zero-order valence-corrected chi connectivity index (χ0v) is 20.2. The summed E-state index contributed by atoms with van der Waals surface area (Å²) in [5.74, 6) is -1.05. The van der Waals surface area contributed by atoms with E-state index in [0.29, 0.717) is 13.1 Å². The highest BCUT2D eigenvalue weighted by molar-refractivity contribution is 5.80. The number of nitrogens with one attached hydrogen (secondary N) is 1. The lowest BCUT2D eigenvalue weighted by Gasteiger charge is -2.28. The Morgan fingerprint density at radius 2 is 1.66 bits per heavy atom. The van der Waals surface area contributed by atoms with Gasteiger partial charge in [-0.15, -0.1) is 0 Å². The van der Waals surface area contributed by atoms with E-state index in [1.165, 1.54) is 22.3 Å². The highest BCUT2D eigenvalue weighted by Gasteiger charge is 2.36. The molecule has 1 fully saturated rings. The Bertz CT molecular complexity index is 1020. The summed E-state index contributed by atoms with van der Waals surface area (Å²) in [4.78, 5) is 38.4. The molecule has 2 atom stereocenters. The van der Waals surface area contributed by atoms with Crippen molar-refractivity contribution in [3.8, 4) is 11.1 Å². The fourth-order valence-corrected chi connectivity index (χ4v) is 5.54. The van der Waals surface area contributed by atoms with Crippen LogP contribution >= 0.6 is 0 Å². The van der Waals surface area contributed by atoms with Gasteiger partial charge in [0, 0.05) is 31.5 Å². The van der Waals surface area contributed by atoms with Gasteiger partial charge < -0.3 is 20.1 Å². The second-order valence-electron chi connectivity index (χ2n) is 9.47. The Morgan fingerprint density at radius 1 is 1.00 bits per heavy atom. The molecule has 2 N–H and O–H groups in total. The standard InChI is InChI=1S/C28H34N2O5/c1-2-15-30(16-14-26(31)32)27(33)20-13-7-8-19(20)17-29-28(34)35-18-25-23-11-5-3-9-21(23)22-10-4-6-12-24(22)25/h3-6,9-12,19-20,25H,2,7-8,13-18H2,1H3,(H,29,34)(H,31,32)/t19-,20-/m1/s1. The third-order valence-electron chi connectivity index (χ3n) is 7.23. The molecule has 2 aromatic carbocycles. The highest BCUT2D eigenvalue weighted by atomic mass is 16.5. The number of carboxylic acid groups (broad SMARTS) is 1. The van der Waals surface area contributed by atoms with E-state index in [9.17, 15) is 14.4 Å². The number of hydrogen-bond acceptors (Lipinski definition) is 4. The van der Waals surface area contributed by atoms with Crippen molar-refractivity contribution in [2.75, 3.05) is 26.2 Å². The number of carbonyl (C=O) groups is 3. The molecule has 0 unspecified atom stereocenters. The lowest BCUT2D eigenvalue weighted by atomic mass is 9.94. The third kappa shape index (κ3) is 5.66. The molecule has 0 radical (unpaired) electrons. The maximum Gasteiger partial charge on any atom is 0.407 e. The van der Waals surface area contributed by atoms with E-state index in [2.05, 4.69) is 29.6 Å². The van der Waals surface area contributed by atoms with Crippen LogP contribution in [0.5, 0.6) is 0 Å². The quantitative estimate of drug-likeness (QED) is 0.518. The molecule has 0 aliphatic heterocycles. The number of aliphatic carboxylic acids is 1. The van der Waals surface area contributed by atoms with Crippen LogP contribution in [0.15, 0.2) is 48.5 Å². The first kappa shape index (κ1) is 24.8. The van der Waals surface area contributed by atoms with Gasteiger partial charge in [0.1, 0.15) is 6.61 Å². The Hall–Kier alpha value is -3.35. The molecule has 0 saturated heterocycles. The summed E-state index contributed by atoms with van der Waals surface area (Å²) < 4.78 is 5.64. The van der Waals surface area contributed by atoms with Crippen molar-refractivity contribution >= 4 is 18.0 Å². The SMILES string of the molecule is CCCN(CCC(=O)O)C(=O)[C@@H]1CCC[C@@H]1CNC(=O)OCC1c2ccccc2-c2ccccc21. The minimum absolute atomic E-state index is 0.00457. The van der Waals surface area contributed by atoms with Crippen LogP contribution in [0.25, 0.3) is 11.1 Å². The molecule has 2 aliphatic rings. The minimum atomic E-state index is -0.904. The molecule has 2 aromatic rings. The van der Waals surface area contributed by atoms with E-state index >= 15 is 0 Å². The largest absolute Gasteiger partial charge is 0.481 e. The molecule has 7 nitrogen and oxygen atoms in total. The average molecular weight is 479 g/mol. The number of ether oxygens (including phenoxy) is 1. The number of carbonyl (C=O) groups excluding carboxylic acids is 2. The maximum absolute atomic E-state index is 13.1. The van der Waals surface area contributed by atoms with E-state index in [0.717, 1.165) is 25.7 Å². The zero-order valence-electron chi connectivity index (χ0n) is 20.2. The fourth-order valence-electron chi connectivity index (χ4n) is 5.54. The van der Waals surface area contributed by atoms with Crippen molar-refractivity contribution in [1.29, 1.82) is 0 Å². The maximum atomic E-state index is 13.1. The fraction of sp³-hybridized carbons (Fsp3) is 0.464. The third-order valence-corrected chi connectivity index (χ3v) is 7.23. The molecule has 0 bridgehead atoms. The normalized spacial score (nSPS) is 18.5.